The smallest absolute Gasteiger partial charge is 0.156 e. The number of para-hydroxylation sites is 1. The Morgan fingerprint density at radius 1 is 1.25 bits per heavy atom. The van der Waals surface area contributed by atoms with Crippen molar-refractivity contribution in [2.24, 2.45) is 11.1 Å². The van der Waals surface area contributed by atoms with Crippen molar-refractivity contribution in [3.63, 3.8) is 0 Å². The number of benzene rings is 1. The molecule has 0 aromatic heterocycles. The summed E-state index contributed by atoms with van der Waals surface area (Å²) in [6.45, 7) is 10.4. The summed E-state index contributed by atoms with van der Waals surface area (Å²) in [6.07, 6.45) is 0. The van der Waals surface area contributed by atoms with Crippen molar-refractivity contribution in [1.29, 1.82) is 0 Å². The Balaban J connectivity index is 2.50. The summed E-state index contributed by atoms with van der Waals surface area (Å²) in [5, 5.41) is 1.09. The number of ether oxygens (including phenoxy) is 1. The summed E-state index contributed by atoms with van der Waals surface area (Å²) in [5.41, 5.74) is 5.89. The Morgan fingerprint density at radius 2 is 1.85 bits per heavy atom. The van der Waals surface area contributed by atoms with Gasteiger partial charge in [0, 0.05) is 13.1 Å². The third-order valence-electron chi connectivity index (χ3n) is 3.22. The van der Waals surface area contributed by atoms with Crippen LogP contribution in [0.15, 0.2) is 18.2 Å². The minimum absolute atomic E-state index is 0.109. The molecule has 0 aliphatic heterocycles. The van der Waals surface area contributed by atoms with Gasteiger partial charge in [0.1, 0.15) is 6.61 Å². The number of hydrogen-bond acceptors (Lipinski definition) is 3. The number of rotatable bonds is 8. The highest BCUT2D eigenvalue weighted by Crippen LogP contribution is 2.32. The molecule has 1 rings (SSSR count). The Bertz CT molecular complexity index is 404. The first-order valence-corrected chi connectivity index (χ1v) is 7.64. The van der Waals surface area contributed by atoms with Gasteiger partial charge in [0.15, 0.2) is 5.75 Å². The van der Waals surface area contributed by atoms with Crippen molar-refractivity contribution in [3.05, 3.63) is 28.2 Å². The van der Waals surface area contributed by atoms with Crippen LogP contribution in [0.3, 0.4) is 0 Å². The Labute approximate surface area is 132 Å². The van der Waals surface area contributed by atoms with E-state index in [0.29, 0.717) is 28.9 Å². The molecule has 0 bridgehead atoms. The van der Waals surface area contributed by atoms with E-state index in [1.165, 1.54) is 0 Å². The van der Waals surface area contributed by atoms with Crippen LogP contribution < -0.4 is 10.5 Å². The van der Waals surface area contributed by atoms with Crippen LogP contribution in [0.4, 0.5) is 0 Å². The van der Waals surface area contributed by atoms with Crippen LogP contribution in [0.2, 0.25) is 10.0 Å². The number of likely N-dealkylation sites (N-methyl/N-ethyl adjacent to an activating group) is 1. The lowest BCUT2D eigenvalue weighted by atomic mass is 9.93. The molecular formula is C15H24Cl2N2O. The summed E-state index contributed by atoms with van der Waals surface area (Å²) < 4.78 is 5.71. The molecule has 0 radical (unpaired) electrons. The van der Waals surface area contributed by atoms with Crippen molar-refractivity contribution < 1.29 is 4.74 Å². The van der Waals surface area contributed by atoms with Gasteiger partial charge >= 0.3 is 0 Å². The first-order chi connectivity index (χ1) is 9.39. The van der Waals surface area contributed by atoms with E-state index in [4.69, 9.17) is 33.7 Å². The molecule has 5 heteroatoms. The summed E-state index contributed by atoms with van der Waals surface area (Å²) >= 11 is 12.1. The maximum atomic E-state index is 6.07. The SMILES string of the molecule is CCN(CCOc1c(Cl)cccc1Cl)CC(C)(C)CN. The highest BCUT2D eigenvalue weighted by molar-refractivity contribution is 6.37. The van der Waals surface area contributed by atoms with Crippen molar-refractivity contribution in [3.8, 4) is 5.75 Å². The topological polar surface area (TPSA) is 38.5 Å². The van der Waals surface area contributed by atoms with E-state index in [1.54, 1.807) is 18.2 Å². The minimum Gasteiger partial charge on any atom is -0.489 e. The molecule has 114 valence electrons. The molecule has 3 nitrogen and oxygen atoms in total. The molecule has 0 heterocycles. The Morgan fingerprint density at radius 3 is 2.35 bits per heavy atom. The molecule has 1 aromatic carbocycles. The summed E-state index contributed by atoms with van der Waals surface area (Å²) in [7, 11) is 0. The average Bonchev–Trinajstić information content (AvgIpc) is 2.40. The maximum Gasteiger partial charge on any atom is 0.156 e. The maximum absolute atomic E-state index is 6.07. The minimum atomic E-state index is 0.109. The van der Waals surface area contributed by atoms with Crippen molar-refractivity contribution in [2.75, 3.05) is 32.8 Å². The zero-order chi connectivity index (χ0) is 15.2. The molecule has 1 aromatic rings. The lowest BCUT2D eigenvalue weighted by molar-refractivity contribution is 0.160. The lowest BCUT2D eigenvalue weighted by Crippen LogP contribution is -2.40. The molecule has 0 saturated carbocycles. The third-order valence-corrected chi connectivity index (χ3v) is 3.82. The molecule has 20 heavy (non-hydrogen) atoms. The van der Waals surface area contributed by atoms with E-state index in [-0.39, 0.29) is 5.41 Å². The Kier molecular flexibility index (Phi) is 7.10. The Hall–Kier alpha value is -0.480. The van der Waals surface area contributed by atoms with Gasteiger partial charge in [-0.05, 0) is 30.6 Å². The lowest BCUT2D eigenvalue weighted by Gasteiger charge is -2.30. The second-order valence-corrected chi connectivity index (χ2v) is 6.45. The molecule has 0 spiro atoms. The molecule has 2 N–H and O–H groups in total. The predicted octanol–water partition coefficient (Wildman–Crippen LogP) is 3.68. The molecule has 0 aliphatic rings. The molecule has 0 atom stereocenters. The second-order valence-electron chi connectivity index (χ2n) is 5.64. The summed E-state index contributed by atoms with van der Waals surface area (Å²) in [5.74, 6) is 0.560. The molecular weight excluding hydrogens is 295 g/mol. The normalized spacial score (nSPS) is 11.9. The highest BCUT2D eigenvalue weighted by atomic mass is 35.5. The number of hydrogen-bond donors (Lipinski definition) is 1. The zero-order valence-electron chi connectivity index (χ0n) is 12.5. The van der Waals surface area contributed by atoms with Crippen LogP contribution in [0.1, 0.15) is 20.8 Å². The highest BCUT2D eigenvalue weighted by Gasteiger charge is 2.19. The van der Waals surface area contributed by atoms with Crippen LogP contribution in [-0.4, -0.2) is 37.7 Å². The first-order valence-electron chi connectivity index (χ1n) is 6.89. The predicted molar refractivity (Wildman–Crippen MR) is 86.9 cm³/mol. The van der Waals surface area contributed by atoms with Gasteiger partial charge in [0.25, 0.3) is 0 Å². The number of nitrogens with two attached hydrogens (primary N) is 1. The van der Waals surface area contributed by atoms with Gasteiger partial charge in [0.2, 0.25) is 0 Å². The van der Waals surface area contributed by atoms with Gasteiger partial charge in [-0.3, -0.25) is 4.90 Å². The van der Waals surface area contributed by atoms with Gasteiger partial charge in [-0.1, -0.05) is 50.0 Å². The summed E-state index contributed by atoms with van der Waals surface area (Å²) in [4.78, 5) is 2.32. The van der Waals surface area contributed by atoms with Crippen LogP contribution in [0.25, 0.3) is 0 Å². The van der Waals surface area contributed by atoms with Gasteiger partial charge < -0.3 is 10.5 Å². The zero-order valence-corrected chi connectivity index (χ0v) is 14.0. The van der Waals surface area contributed by atoms with E-state index in [0.717, 1.165) is 19.6 Å². The quantitative estimate of drug-likeness (QED) is 0.794. The fourth-order valence-electron chi connectivity index (χ4n) is 1.92. The van der Waals surface area contributed by atoms with Crippen LogP contribution in [-0.2, 0) is 0 Å². The van der Waals surface area contributed by atoms with Crippen molar-refractivity contribution in [1.82, 2.24) is 4.90 Å². The monoisotopic (exact) mass is 318 g/mol. The van der Waals surface area contributed by atoms with E-state index in [1.807, 2.05) is 0 Å². The molecule has 0 unspecified atom stereocenters. The largest absolute Gasteiger partial charge is 0.489 e. The van der Waals surface area contributed by atoms with E-state index in [2.05, 4.69) is 25.7 Å². The number of halogens is 2. The van der Waals surface area contributed by atoms with E-state index in [9.17, 15) is 0 Å². The van der Waals surface area contributed by atoms with Crippen LogP contribution in [0, 0.1) is 5.41 Å². The van der Waals surface area contributed by atoms with E-state index < -0.39 is 0 Å². The average molecular weight is 319 g/mol. The molecule has 0 fully saturated rings. The first kappa shape index (κ1) is 17.6. The van der Waals surface area contributed by atoms with Crippen molar-refractivity contribution in [2.45, 2.75) is 20.8 Å². The van der Waals surface area contributed by atoms with Crippen molar-refractivity contribution >= 4 is 23.2 Å². The van der Waals surface area contributed by atoms with Gasteiger partial charge in [0.05, 0.1) is 10.0 Å². The van der Waals surface area contributed by atoms with E-state index >= 15 is 0 Å². The number of nitrogens with zero attached hydrogens (tertiary/aromatic N) is 1. The van der Waals surface area contributed by atoms with Gasteiger partial charge in [-0.2, -0.15) is 0 Å². The summed E-state index contributed by atoms with van der Waals surface area (Å²) in [6, 6.07) is 5.36. The fourth-order valence-corrected chi connectivity index (χ4v) is 2.42. The molecule has 0 amide bonds. The second kappa shape index (κ2) is 8.08. The standard InChI is InChI=1S/C15H24Cl2N2O/c1-4-19(11-15(2,3)10-18)8-9-20-14-12(16)6-5-7-13(14)17/h5-7H,4,8-11,18H2,1-3H3. The fraction of sp³-hybridized carbons (Fsp3) is 0.600. The van der Waals surface area contributed by atoms with Crippen LogP contribution >= 0.6 is 23.2 Å². The van der Waals surface area contributed by atoms with Gasteiger partial charge in [-0.15, -0.1) is 0 Å². The van der Waals surface area contributed by atoms with Crippen LogP contribution in [0.5, 0.6) is 5.75 Å². The molecule has 0 saturated heterocycles. The van der Waals surface area contributed by atoms with Gasteiger partial charge in [-0.25, -0.2) is 0 Å². The molecule has 0 aliphatic carbocycles. The third kappa shape index (κ3) is 5.49.